The highest BCUT2D eigenvalue weighted by atomic mass is 35.5. The lowest BCUT2D eigenvalue weighted by Gasteiger charge is -2.29. The first-order valence-corrected chi connectivity index (χ1v) is 8.40. The highest BCUT2D eigenvalue weighted by molar-refractivity contribution is 6.31. The van der Waals surface area contributed by atoms with Gasteiger partial charge in [-0.3, -0.25) is 9.59 Å². The quantitative estimate of drug-likeness (QED) is 0.852. The number of likely N-dealkylation sites (tertiary alicyclic amines) is 1. The van der Waals surface area contributed by atoms with Crippen LogP contribution in [0.2, 0.25) is 5.02 Å². The molecule has 2 aliphatic heterocycles. The normalized spacial score (nSPS) is 21.7. The van der Waals surface area contributed by atoms with Gasteiger partial charge >= 0.3 is 0 Å². The van der Waals surface area contributed by atoms with E-state index in [4.69, 9.17) is 16.3 Å². The number of benzene rings is 1. The number of anilines is 1. The molecule has 2 saturated heterocycles. The van der Waals surface area contributed by atoms with E-state index < -0.39 is 0 Å². The molecular weight excluding hydrogens is 316 g/mol. The first kappa shape index (κ1) is 16.1. The lowest BCUT2D eigenvalue weighted by molar-refractivity contribution is -0.136. The third kappa shape index (κ3) is 3.29. The van der Waals surface area contributed by atoms with Crippen molar-refractivity contribution in [2.75, 3.05) is 31.6 Å². The van der Waals surface area contributed by atoms with Crippen LogP contribution in [0.1, 0.15) is 25.7 Å². The number of ether oxygens (including phenoxy) is 1. The number of hydrogen-bond donors (Lipinski definition) is 0. The molecule has 0 radical (unpaired) electrons. The van der Waals surface area contributed by atoms with E-state index in [0.29, 0.717) is 23.0 Å². The van der Waals surface area contributed by atoms with E-state index in [2.05, 4.69) is 0 Å². The van der Waals surface area contributed by atoms with Gasteiger partial charge in [-0.05, 0) is 37.5 Å². The summed E-state index contributed by atoms with van der Waals surface area (Å²) in [4.78, 5) is 28.6. The Labute approximate surface area is 141 Å². The van der Waals surface area contributed by atoms with Crippen LogP contribution in [0, 0.1) is 5.92 Å². The van der Waals surface area contributed by atoms with E-state index in [0.717, 1.165) is 25.9 Å². The van der Waals surface area contributed by atoms with Crippen molar-refractivity contribution in [1.29, 1.82) is 0 Å². The van der Waals surface area contributed by atoms with Gasteiger partial charge in [0, 0.05) is 31.1 Å². The Morgan fingerprint density at radius 3 is 2.70 bits per heavy atom. The minimum absolute atomic E-state index is 0.0547. The molecule has 0 bridgehead atoms. The van der Waals surface area contributed by atoms with Crippen LogP contribution in [-0.2, 0) is 9.59 Å². The van der Waals surface area contributed by atoms with Gasteiger partial charge in [0.15, 0.2) is 0 Å². The van der Waals surface area contributed by atoms with Gasteiger partial charge in [-0.15, -0.1) is 0 Å². The lowest BCUT2D eigenvalue weighted by atomic mass is 10.0. The topological polar surface area (TPSA) is 49.9 Å². The van der Waals surface area contributed by atoms with Gasteiger partial charge in [-0.25, -0.2) is 0 Å². The Bertz CT molecular complexity index is 614. The Hall–Kier alpha value is -1.75. The van der Waals surface area contributed by atoms with E-state index >= 15 is 0 Å². The SMILES string of the molecule is COc1ccc(Cl)cc1N1CC(C(=O)N2CCCCC2)CC1=O. The second-order valence-electron chi connectivity index (χ2n) is 6.11. The molecule has 1 atom stereocenters. The first-order valence-electron chi connectivity index (χ1n) is 8.03. The lowest BCUT2D eigenvalue weighted by Crippen LogP contribution is -2.40. The van der Waals surface area contributed by atoms with E-state index in [9.17, 15) is 9.59 Å². The predicted molar refractivity (Wildman–Crippen MR) is 88.9 cm³/mol. The van der Waals surface area contributed by atoms with Gasteiger partial charge in [0.05, 0.1) is 18.7 Å². The maximum absolute atomic E-state index is 12.6. The van der Waals surface area contributed by atoms with Gasteiger partial charge in [0.2, 0.25) is 11.8 Å². The summed E-state index contributed by atoms with van der Waals surface area (Å²) in [5, 5.41) is 0.541. The molecular formula is C17H21ClN2O3. The maximum atomic E-state index is 12.6. The molecule has 0 aromatic heterocycles. The van der Waals surface area contributed by atoms with Crippen LogP contribution >= 0.6 is 11.6 Å². The minimum Gasteiger partial charge on any atom is -0.495 e. The van der Waals surface area contributed by atoms with Crippen LogP contribution in [0.15, 0.2) is 18.2 Å². The third-order valence-electron chi connectivity index (χ3n) is 4.57. The van der Waals surface area contributed by atoms with Crippen LogP contribution in [0.5, 0.6) is 5.75 Å². The zero-order valence-electron chi connectivity index (χ0n) is 13.3. The number of hydrogen-bond acceptors (Lipinski definition) is 3. The van der Waals surface area contributed by atoms with Gasteiger partial charge in [-0.2, -0.15) is 0 Å². The van der Waals surface area contributed by atoms with Crippen molar-refractivity contribution in [3.63, 3.8) is 0 Å². The molecule has 2 heterocycles. The summed E-state index contributed by atoms with van der Waals surface area (Å²) in [6.45, 7) is 2.01. The van der Waals surface area contributed by atoms with Crippen molar-refractivity contribution >= 4 is 29.1 Å². The zero-order valence-corrected chi connectivity index (χ0v) is 14.0. The average molecular weight is 337 g/mol. The number of piperidine rings is 1. The molecule has 0 saturated carbocycles. The maximum Gasteiger partial charge on any atom is 0.228 e. The summed E-state index contributed by atoms with van der Waals surface area (Å²) in [6, 6.07) is 5.18. The number of carbonyl (C=O) groups excluding carboxylic acids is 2. The van der Waals surface area contributed by atoms with Crippen molar-refractivity contribution in [1.82, 2.24) is 4.90 Å². The Kier molecular flexibility index (Phi) is 4.76. The third-order valence-corrected chi connectivity index (χ3v) is 4.81. The van der Waals surface area contributed by atoms with Gasteiger partial charge < -0.3 is 14.5 Å². The molecule has 6 heteroatoms. The fraction of sp³-hybridized carbons (Fsp3) is 0.529. The monoisotopic (exact) mass is 336 g/mol. The van der Waals surface area contributed by atoms with Gasteiger partial charge in [0.25, 0.3) is 0 Å². The largest absolute Gasteiger partial charge is 0.495 e. The number of halogens is 1. The fourth-order valence-electron chi connectivity index (χ4n) is 3.35. The molecule has 1 aromatic rings. The van der Waals surface area contributed by atoms with Crippen LogP contribution in [0.4, 0.5) is 5.69 Å². The highest BCUT2D eigenvalue weighted by Gasteiger charge is 2.38. The number of rotatable bonds is 3. The number of nitrogens with zero attached hydrogens (tertiary/aromatic N) is 2. The van der Waals surface area contributed by atoms with Crippen molar-refractivity contribution in [2.24, 2.45) is 5.92 Å². The summed E-state index contributed by atoms with van der Waals surface area (Å²) in [7, 11) is 1.56. The minimum atomic E-state index is -0.274. The van der Waals surface area contributed by atoms with Crippen molar-refractivity contribution in [3.8, 4) is 5.75 Å². The summed E-state index contributed by atoms with van der Waals surface area (Å²) >= 11 is 6.05. The average Bonchev–Trinajstić information content (AvgIpc) is 2.96. The Morgan fingerprint density at radius 2 is 2.00 bits per heavy atom. The number of amides is 2. The van der Waals surface area contributed by atoms with Gasteiger partial charge in [-0.1, -0.05) is 11.6 Å². The van der Waals surface area contributed by atoms with E-state index in [1.165, 1.54) is 6.42 Å². The van der Waals surface area contributed by atoms with Crippen LogP contribution < -0.4 is 9.64 Å². The first-order chi connectivity index (χ1) is 11.1. The fourth-order valence-corrected chi connectivity index (χ4v) is 3.52. The molecule has 0 spiro atoms. The zero-order chi connectivity index (χ0) is 16.4. The molecule has 2 aliphatic rings. The van der Waals surface area contributed by atoms with Crippen LogP contribution in [0.25, 0.3) is 0 Å². The molecule has 0 aliphatic carbocycles. The molecule has 1 unspecified atom stereocenters. The Morgan fingerprint density at radius 1 is 1.26 bits per heavy atom. The van der Waals surface area contributed by atoms with Crippen molar-refractivity contribution in [2.45, 2.75) is 25.7 Å². The van der Waals surface area contributed by atoms with Crippen LogP contribution in [0.3, 0.4) is 0 Å². The summed E-state index contributed by atoms with van der Waals surface area (Å²) in [6.07, 6.45) is 3.54. The summed E-state index contributed by atoms with van der Waals surface area (Å²) < 4.78 is 5.33. The highest BCUT2D eigenvalue weighted by Crippen LogP contribution is 2.35. The molecule has 5 nitrogen and oxygen atoms in total. The second kappa shape index (κ2) is 6.79. The molecule has 3 rings (SSSR count). The number of carbonyl (C=O) groups is 2. The smallest absolute Gasteiger partial charge is 0.228 e. The van der Waals surface area contributed by atoms with E-state index in [1.54, 1.807) is 30.2 Å². The number of methoxy groups -OCH3 is 1. The standard InChI is InChI=1S/C17H21ClN2O3/c1-23-15-6-5-13(18)10-14(15)20-11-12(9-16(20)21)17(22)19-7-3-2-4-8-19/h5-6,10,12H,2-4,7-9,11H2,1H3. The Balaban J connectivity index is 1.77. The second-order valence-corrected chi connectivity index (χ2v) is 6.54. The van der Waals surface area contributed by atoms with E-state index in [1.807, 2.05) is 4.90 Å². The molecule has 0 N–H and O–H groups in total. The van der Waals surface area contributed by atoms with E-state index in [-0.39, 0.29) is 24.2 Å². The molecule has 124 valence electrons. The molecule has 23 heavy (non-hydrogen) atoms. The molecule has 2 fully saturated rings. The molecule has 1 aromatic carbocycles. The predicted octanol–water partition coefficient (Wildman–Crippen LogP) is 2.71. The summed E-state index contributed by atoms with van der Waals surface area (Å²) in [5.74, 6) is 0.362. The van der Waals surface area contributed by atoms with Crippen molar-refractivity contribution in [3.05, 3.63) is 23.2 Å². The van der Waals surface area contributed by atoms with Gasteiger partial charge in [0.1, 0.15) is 5.75 Å². The van der Waals surface area contributed by atoms with Crippen molar-refractivity contribution < 1.29 is 14.3 Å². The summed E-state index contributed by atoms with van der Waals surface area (Å²) in [5.41, 5.74) is 0.638. The van der Waals surface area contributed by atoms with Crippen LogP contribution in [-0.4, -0.2) is 43.5 Å². The molecule has 2 amide bonds.